The van der Waals surface area contributed by atoms with Gasteiger partial charge in [0.15, 0.2) is 0 Å². The maximum Gasteiger partial charge on any atom is 0.254 e. The largest absolute Gasteiger partial charge is 0.496 e. The number of amides is 2. The van der Waals surface area contributed by atoms with Crippen molar-refractivity contribution in [2.75, 3.05) is 32.6 Å². The van der Waals surface area contributed by atoms with E-state index in [0.29, 0.717) is 30.2 Å². The molecule has 0 aromatic heterocycles. The molecule has 1 fully saturated rings. The summed E-state index contributed by atoms with van der Waals surface area (Å²) < 4.78 is 10.8. The van der Waals surface area contributed by atoms with Gasteiger partial charge in [0, 0.05) is 29.9 Å². The van der Waals surface area contributed by atoms with Crippen LogP contribution < -0.4 is 14.8 Å². The fraction of sp³-hybridized carbons (Fsp3) is 0.364. The van der Waals surface area contributed by atoms with Gasteiger partial charge in [0.25, 0.3) is 5.91 Å². The second-order valence-corrected chi connectivity index (χ2v) is 6.95. The molecule has 2 aromatic rings. The summed E-state index contributed by atoms with van der Waals surface area (Å²) in [7, 11) is 3.14. The Morgan fingerprint density at radius 3 is 2.32 bits per heavy atom. The van der Waals surface area contributed by atoms with Gasteiger partial charge in [-0.25, -0.2) is 0 Å². The van der Waals surface area contributed by atoms with E-state index < -0.39 is 0 Å². The molecule has 0 spiro atoms. The van der Waals surface area contributed by atoms with Crippen molar-refractivity contribution < 1.29 is 19.1 Å². The normalized spacial score (nSPS) is 16.4. The molecule has 2 aromatic carbocycles. The summed E-state index contributed by atoms with van der Waals surface area (Å²) >= 11 is 0. The van der Waals surface area contributed by atoms with Crippen LogP contribution in [-0.4, -0.2) is 44.0 Å². The van der Waals surface area contributed by atoms with Crippen LogP contribution in [0, 0.1) is 12.8 Å². The molecule has 0 aliphatic carbocycles. The number of hydrogen-bond donors (Lipinski definition) is 1. The molecule has 6 heteroatoms. The van der Waals surface area contributed by atoms with Crippen LogP contribution in [0.4, 0.5) is 5.69 Å². The number of methoxy groups -OCH3 is 2. The molecule has 148 valence electrons. The maximum absolute atomic E-state index is 13.1. The summed E-state index contributed by atoms with van der Waals surface area (Å²) in [6.07, 6.45) is 1.56. The highest BCUT2D eigenvalue weighted by Gasteiger charge is 2.29. The number of carbonyl (C=O) groups excluding carboxylic acids is 2. The Hall–Kier alpha value is -3.02. The molecule has 28 heavy (non-hydrogen) atoms. The van der Waals surface area contributed by atoms with Crippen LogP contribution in [0.3, 0.4) is 0 Å². The van der Waals surface area contributed by atoms with Crippen molar-refractivity contribution in [2.24, 2.45) is 5.92 Å². The lowest BCUT2D eigenvalue weighted by molar-refractivity contribution is -0.121. The van der Waals surface area contributed by atoms with Gasteiger partial charge < -0.3 is 19.7 Å². The molecule has 1 heterocycles. The Morgan fingerprint density at radius 2 is 1.71 bits per heavy atom. The van der Waals surface area contributed by atoms with E-state index in [1.54, 1.807) is 31.3 Å². The smallest absolute Gasteiger partial charge is 0.254 e. The van der Waals surface area contributed by atoms with Crippen LogP contribution in [-0.2, 0) is 4.79 Å². The topological polar surface area (TPSA) is 67.9 Å². The first-order valence-corrected chi connectivity index (χ1v) is 9.41. The van der Waals surface area contributed by atoms with Crippen LogP contribution in [0.1, 0.15) is 28.8 Å². The quantitative estimate of drug-likeness (QED) is 0.859. The van der Waals surface area contributed by atoms with Crippen molar-refractivity contribution in [1.29, 1.82) is 0 Å². The molecule has 2 amide bonds. The van der Waals surface area contributed by atoms with Gasteiger partial charge in [-0.05, 0) is 44.0 Å². The van der Waals surface area contributed by atoms with Gasteiger partial charge >= 0.3 is 0 Å². The number of nitrogens with one attached hydrogen (secondary N) is 1. The molecule has 1 atom stereocenters. The summed E-state index contributed by atoms with van der Waals surface area (Å²) in [6, 6.07) is 12.8. The number of likely N-dealkylation sites (tertiary alicyclic amines) is 1. The predicted molar refractivity (Wildman–Crippen MR) is 108 cm³/mol. The number of ether oxygens (including phenoxy) is 2. The van der Waals surface area contributed by atoms with Crippen LogP contribution in [0.15, 0.2) is 42.5 Å². The van der Waals surface area contributed by atoms with Gasteiger partial charge in [0.1, 0.15) is 11.5 Å². The van der Waals surface area contributed by atoms with E-state index in [1.807, 2.05) is 37.3 Å². The maximum atomic E-state index is 13.1. The van der Waals surface area contributed by atoms with Gasteiger partial charge in [-0.2, -0.15) is 0 Å². The standard InChI is InChI=1S/C22H26N2O4/c1-15-19(27-2)12-17(13-20(15)28-3)22(26)24-11-7-8-16(14-24)21(25)23-18-9-5-4-6-10-18/h4-6,9-10,12-13,16H,7-8,11,14H2,1-3H3,(H,23,25). The molecule has 0 bridgehead atoms. The Balaban J connectivity index is 1.73. The molecule has 1 N–H and O–H groups in total. The van der Waals surface area contributed by atoms with Crippen molar-refractivity contribution in [2.45, 2.75) is 19.8 Å². The Kier molecular flexibility index (Phi) is 6.19. The molecular formula is C22H26N2O4. The lowest BCUT2D eigenvalue weighted by atomic mass is 9.96. The Morgan fingerprint density at radius 1 is 1.07 bits per heavy atom. The van der Waals surface area contributed by atoms with E-state index in [2.05, 4.69) is 5.32 Å². The molecule has 0 radical (unpaired) electrons. The number of piperidine rings is 1. The number of rotatable bonds is 5. The van der Waals surface area contributed by atoms with Crippen LogP contribution in [0.25, 0.3) is 0 Å². The first-order valence-electron chi connectivity index (χ1n) is 9.41. The summed E-state index contributed by atoms with van der Waals surface area (Å²) in [5, 5.41) is 2.94. The fourth-order valence-electron chi connectivity index (χ4n) is 3.53. The number of hydrogen-bond acceptors (Lipinski definition) is 4. The summed E-state index contributed by atoms with van der Waals surface area (Å²) in [6.45, 7) is 2.92. The summed E-state index contributed by atoms with van der Waals surface area (Å²) in [5.74, 6) is 0.819. The zero-order chi connectivity index (χ0) is 20.1. The highest BCUT2D eigenvalue weighted by atomic mass is 16.5. The highest BCUT2D eigenvalue weighted by molar-refractivity contribution is 5.97. The third kappa shape index (κ3) is 4.27. The molecule has 1 aliphatic heterocycles. The molecule has 3 rings (SSSR count). The van der Waals surface area contributed by atoms with E-state index in [-0.39, 0.29) is 17.7 Å². The average molecular weight is 382 g/mol. The zero-order valence-corrected chi connectivity index (χ0v) is 16.5. The van der Waals surface area contributed by atoms with E-state index >= 15 is 0 Å². The number of anilines is 1. The fourth-order valence-corrected chi connectivity index (χ4v) is 3.53. The minimum absolute atomic E-state index is 0.0530. The molecule has 1 unspecified atom stereocenters. The number of nitrogens with zero attached hydrogens (tertiary/aromatic N) is 1. The lowest BCUT2D eigenvalue weighted by Gasteiger charge is -2.32. The molecular weight excluding hydrogens is 356 g/mol. The molecule has 1 aliphatic rings. The molecule has 1 saturated heterocycles. The summed E-state index contributed by atoms with van der Waals surface area (Å²) in [5.41, 5.74) is 2.12. The minimum atomic E-state index is -0.229. The van der Waals surface area contributed by atoms with Crippen molar-refractivity contribution in [3.63, 3.8) is 0 Å². The van der Waals surface area contributed by atoms with E-state index in [4.69, 9.17) is 9.47 Å². The van der Waals surface area contributed by atoms with E-state index in [9.17, 15) is 9.59 Å². The van der Waals surface area contributed by atoms with Gasteiger partial charge in [-0.15, -0.1) is 0 Å². The first-order chi connectivity index (χ1) is 13.5. The van der Waals surface area contributed by atoms with Crippen LogP contribution in [0.2, 0.25) is 0 Å². The van der Waals surface area contributed by atoms with Gasteiger partial charge in [0.05, 0.1) is 20.1 Å². The SMILES string of the molecule is COc1cc(C(=O)N2CCCC(C(=O)Nc3ccccc3)C2)cc(OC)c1C. The van der Waals surface area contributed by atoms with Gasteiger partial charge in [-0.3, -0.25) is 9.59 Å². The van der Waals surface area contributed by atoms with Crippen molar-refractivity contribution in [3.05, 3.63) is 53.6 Å². The second-order valence-electron chi connectivity index (χ2n) is 6.95. The van der Waals surface area contributed by atoms with Crippen molar-refractivity contribution in [3.8, 4) is 11.5 Å². The lowest BCUT2D eigenvalue weighted by Crippen LogP contribution is -2.43. The number of benzene rings is 2. The Labute approximate surface area is 165 Å². The van der Waals surface area contributed by atoms with Crippen molar-refractivity contribution in [1.82, 2.24) is 4.90 Å². The minimum Gasteiger partial charge on any atom is -0.496 e. The van der Waals surface area contributed by atoms with Crippen molar-refractivity contribution >= 4 is 17.5 Å². The van der Waals surface area contributed by atoms with E-state index in [1.165, 1.54) is 0 Å². The van der Waals surface area contributed by atoms with Crippen LogP contribution in [0.5, 0.6) is 11.5 Å². The highest BCUT2D eigenvalue weighted by Crippen LogP contribution is 2.30. The molecule has 0 saturated carbocycles. The number of para-hydroxylation sites is 1. The van der Waals surface area contributed by atoms with Gasteiger partial charge in [-0.1, -0.05) is 18.2 Å². The predicted octanol–water partition coefficient (Wildman–Crippen LogP) is 3.50. The van der Waals surface area contributed by atoms with E-state index in [0.717, 1.165) is 24.1 Å². The summed E-state index contributed by atoms with van der Waals surface area (Å²) in [4.78, 5) is 27.4. The number of carbonyl (C=O) groups is 2. The molecule has 6 nitrogen and oxygen atoms in total. The third-order valence-corrected chi connectivity index (χ3v) is 5.12. The monoisotopic (exact) mass is 382 g/mol. The zero-order valence-electron chi connectivity index (χ0n) is 16.5. The average Bonchev–Trinajstić information content (AvgIpc) is 2.74. The van der Waals surface area contributed by atoms with Crippen LogP contribution >= 0.6 is 0 Å². The second kappa shape index (κ2) is 8.78. The first kappa shape index (κ1) is 19.7. The van der Waals surface area contributed by atoms with Gasteiger partial charge in [0.2, 0.25) is 5.91 Å². The Bertz CT molecular complexity index is 826. The third-order valence-electron chi connectivity index (χ3n) is 5.12.